The first-order valence-corrected chi connectivity index (χ1v) is 10.3. The summed E-state index contributed by atoms with van der Waals surface area (Å²) in [5.41, 5.74) is 2.24. The molecular weight excluding hydrogens is 364 g/mol. The third-order valence-corrected chi connectivity index (χ3v) is 6.11. The first kappa shape index (κ1) is 18.2. The maximum absolute atomic E-state index is 12.7. The van der Waals surface area contributed by atoms with E-state index in [1.165, 1.54) is 4.88 Å². The van der Waals surface area contributed by atoms with Crippen molar-refractivity contribution in [2.45, 2.75) is 26.2 Å². The van der Waals surface area contributed by atoms with Gasteiger partial charge in [-0.3, -0.25) is 4.79 Å². The Kier molecular flexibility index (Phi) is 5.10. The van der Waals surface area contributed by atoms with Gasteiger partial charge in [-0.1, -0.05) is 55.8 Å². The maximum Gasteiger partial charge on any atom is 0.267 e. The highest BCUT2D eigenvalue weighted by Crippen LogP contribution is 2.34. The van der Waals surface area contributed by atoms with Gasteiger partial charge in [0.25, 0.3) is 5.56 Å². The number of hydrogen-bond acceptors (Lipinski definition) is 3. The number of nitrogens with zero attached hydrogens (tertiary/aromatic N) is 1. The van der Waals surface area contributed by atoms with E-state index >= 15 is 0 Å². The number of nitriles is 1. The summed E-state index contributed by atoms with van der Waals surface area (Å²) in [5, 5.41) is 11.8. The molecule has 3 nitrogen and oxygen atoms in total. The zero-order valence-electron chi connectivity index (χ0n) is 15.7. The Morgan fingerprint density at radius 2 is 1.86 bits per heavy atom. The summed E-state index contributed by atoms with van der Waals surface area (Å²) in [6, 6.07) is 22.3. The number of benzene rings is 2. The van der Waals surface area contributed by atoms with E-state index in [2.05, 4.69) is 42.2 Å². The molecule has 2 aromatic heterocycles. The SMILES string of the molecule is CCCCc1ccc(-c2cc(-c3cccc4ccccc34)[nH]c(=O)c2C#N)s1. The van der Waals surface area contributed by atoms with Gasteiger partial charge in [-0.15, -0.1) is 11.3 Å². The molecule has 0 amide bonds. The van der Waals surface area contributed by atoms with Gasteiger partial charge in [0, 0.05) is 26.6 Å². The Hall–Kier alpha value is -3.16. The quantitative estimate of drug-likeness (QED) is 0.449. The Morgan fingerprint density at radius 3 is 2.68 bits per heavy atom. The molecule has 0 unspecified atom stereocenters. The molecule has 0 saturated heterocycles. The van der Waals surface area contributed by atoms with Crippen LogP contribution in [0.2, 0.25) is 0 Å². The van der Waals surface area contributed by atoms with Gasteiger partial charge in [0.05, 0.1) is 0 Å². The number of aryl methyl sites for hydroxylation is 1. The Labute approximate surface area is 167 Å². The lowest BCUT2D eigenvalue weighted by molar-refractivity contribution is 0.804. The van der Waals surface area contributed by atoms with Crippen molar-refractivity contribution in [2.24, 2.45) is 0 Å². The minimum Gasteiger partial charge on any atom is -0.321 e. The smallest absolute Gasteiger partial charge is 0.267 e. The van der Waals surface area contributed by atoms with Gasteiger partial charge >= 0.3 is 0 Å². The minimum atomic E-state index is -0.341. The Balaban J connectivity index is 1.88. The maximum atomic E-state index is 12.7. The number of rotatable bonds is 5. The van der Waals surface area contributed by atoms with Gasteiger partial charge < -0.3 is 4.98 Å². The van der Waals surface area contributed by atoms with E-state index in [1.807, 2.05) is 36.4 Å². The van der Waals surface area contributed by atoms with Gasteiger partial charge in [-0.25, -0.2) is 0 Å². The fourth-order valence-electron chi connectivity index (χ4n) is 3.48. The predicted octanol–water partition coefficient (Wildman–Crippen LogP) is 6.14. The van der Waals surface area contributed by atoms with E-state index in [0.717, 1.165) is 46.2 Å². The summed E-state index contributed by atoms with van der Waals surface area (Å²) in [4.78, 5) is 17.8. The van der Waals surface area contributed by atoms with Crippen LogP contribution in [-0.4, -0.2) is 4.98 Å². The van der Waals surface area contributed by atoms with Crippen LogP contribution in [0.1, 0.15) is 30.2 Å². The van der Waals surface area contributed by atoms with Crippen LogP contribution in [0.5, 0.6) is 0 Å². The molecule has 1 N–H and O–H groups in total. The highest BCUT2D eigenvalue weighted by atomic mass is 32.1. The van der Waals surface area contributed by atoms with E-state index in [1.54, 1.807) is 11.3 Å². The number of unbranched alkanes of at least 4 members (excludes halogenated alkanes) is 1. The lowest BCUT2D eigenvalue weighted by Crippen LogP contribution is -2.12. The average molecular weight is 385 g/mol. The van der Waals surface area contributed by atoms with Crippen LogP contribution in [0, 0.1) is 11.3 Å². The van der Waals surface area contributed by atoms with E-state index in [0.29, 0.717) is 5.56 Å². The van der Waals surface area contributed by atoms with Crippen molar-refractivity contribution in [3.05, 3.63) is 81.5 Å². The normalized spacial score (nSPS) is 10.9. The molecular formula is C24H20N2OS. The van der Waals surface area contributed by atoms with Crippen molar-refractivity contribution in [1.82, 2.24) is 4.98 Å². The lowest BCUT2D eigenvalue weighted by Gasteiger charge is -2.09. The predicted molar refractivity (Wildman–Crippen MR) is 117 cm³/mol. The summed E-state index contributed by atoms with van der Waals surface area (Å²) >= 11 is 1.67. The second kappa shape index (κ2) is 7.84. The van der Waals surface area contributed by atoms with Crippen molar-refractivity contribution in [1.29, 1.82) is 5.26 Å². The molecule has 0 aliphatic carbocycles. The molecule has 0 spiro atoms. The standard InChI is InChI=1S/C24H20N2OS/c1-2-3-9-17-12-13-23(28-17)20-14-22(26-24(27)21(20)15-25)19-11-6-8-16-7-4-5-10-18(16)19/h4-8,10-14H,2-3,9H2,1H3,(H,26,27). The molecule has 0 bridgehead atoms. The monoisotopic (exact) mass is 384 g/mol. The fourth-order valence-corrected chi connectivity index (χ4v) is 4.55. The van der Waals surface area contributed by atoms with Crippen LogP contribution < -0.4 is 5.56 Å². The van der Waals surface area contributed by atoms with Crippen LogP contribution in [0.4, 0.5) is 0 Å². The summed E-state index contributed by atoms with van der Waals surface area (Å²) in [6.45, 7) is 2.18. The van der Waals surface area contributed by atoms with Gasteiger partial charge in [0.15, 0.2) is 0 Å². The average Bonchev–Trinajstić information content (AvgIpc) is 3.20. The second-order valence-electron chi connectivity index (χ2n) is 6.81. The number of hydrogen-bond donors (Lipinski definition) is 1. The van der Waals surface area contributed by atoms with Gasteiger partial charge in [-0.2, -0.15) is 5.26 Å². The van der Waals surface area contributed by atoms with Crippen molar-refractivity contribution in [3.8, 4) is 27.8 Å². The second-order valence-corrected chi connectivity index (χ2v) is 7.98. The van der Waals surface area contributed by atoms with Gasteiger partial charge in [-0.05, 0) is 41.8 Å². The van der Waals surface area contributed by atoms with E-state index < -0.39 is 0 Å². The highest BCUT2D eigenvalue weighted by molar-refractivity contribution is 7.15. The molecule has 28 heavy (non-hydrogen) atoms. The molecule has 2 heterocycles. The Bertz CT molecular complexity index is 1240. The van der Waals surface area contributed by atoms with Crippen molar-refractivity contribution < 1.29 is 0 Å². The van der Waals surface area contributed by atoms with Crippen molar-refractivity contribution in [3.63, 3.8) is 0 Å². The van der Waals surface area contributed by atoms with Crippen molar-refractivity contribution >= 4 is 22.1 Å². The third-order valence-electron chi connectivity index (χ3n) is 4.93. The summed E-state index contributed by atoms with van der Waals surface area (Å²) in [6.07, 6.45) is 3.32. The molecule has 0 aliphatic heterocycles. The molecule has 4 heteroatoms. The van der Waals surface area contributed by atoms with Crippen LogP contribution in [0.3, 0.4) is 0 Å². The number of aromatic nitrogens is 1. The molecule has 4 rings (SSSR count). The van der Waals surface area contributed by atoms with E-state index in [9.17, 15) is 10.1 Å². The van der Waals surface area contributed by atoms with Crippen LogP contribution in [0.25, 0.3) is 32.5 Å². The number of thiophene rings is 1. The largest absolute Gasteiger partial charge is 0.321 e. The lowest BCUT2D eigenvalue weighted by atomic mass is 9.99. The molecule has 0 saturated carbocycles. The molecule has 0 atom stereocenters. The molecule has 138 valence electrons. The summed E-state index contributed by atoms with van der Waals surface area (Å²) in [7, 11) is 0. The first-order chi connectivity index (χ1) is 13.7. The molecule has 0 fully saturated rings. The topological polar surface area (TPSA) is 56.6 Å². The molecule has 4 aromatic rings. The third kappa shape index (κ3) is 3.37. The van der Waals surface area contributed by atoms with Gasteiger partial charge in [0.1, 0.15) is 11.6 Å². The number of H-pyrrole nitrogens is 1. The van der Waals surface area contributed by atoms with Crippen molar-refractivity contribution in [2.75, 3.05) is 0 Å². The number of pyridine rings is 1. The number of aromatic amines is 1. The zero-order valence-corrected chi connectivity index (χ0v) is 16.5. The zero-order chi connectivity index (χ0) is 19.5. The highest BCUT2D eigenvalue weighted by Gasteiger charge is 2.15. The summed E-state index contributed by atoms with van der Waals surface area (Å²) < 4.78 is 0. The molecule has 0 radical (unpaired) electrons. The molecule has 0 aliphatic rings. The van der Waals surface area contributed by atoms with Crippen LogP contribution >= 0.6 is 11.3 Å². The number of fused-ring (bicyclic) bond motifs is 1. The van der Waals surface area contributed by atoms with Crippen LogP contribution in [0.15, 0.2) is 65.5 Å². The number of nitrogens with one attached hydrogen (secondary N) is 1. The Morgan fingerprint density at radius 1 is 1.04 bits per heavy atom. The van der Waals surface area contributed by atoms with E-state index in [4.69, 9.17) is 0 Å². The van der Waals surface area contributed by atoms with E-state index in [-0.39, 0.29) is 11.1 Å². The first-order valence-electron chi connectivity index (χ1n) is 9.46. The van der Waals surface area contributed by atoms with Crippen LogP contribution in [-0.2, 0) is 6.42 Å². The van der Waals surface area contributed by atoms with Gasteiger partial charge in [0.2, 0.25) is 0 Å². The minimum absolute atomic E-state index is 0.174. The summed E-state index contributed by atoms with van der Waals surface area (Å²) in [5.74, 6) is 0. The molecule has 2 aromatic carbocycles. The fraction of sp³-hybridized carbons (Fsp3) is 0.167.